The smallest absolute Gasteiger partial charge is 0.121 e. The van der Waals surface area contributed by atoms with E-state index in [0.29, 0.717) is 13.2 Å². The Morgan fingerprint density at radius 3 is 2.32 bits per heavy atom. The first kappa shape index (κ1) is 22.1. The van der Waals surface area contributed by atoms with Crippen molar-refractivity contribution in [2.45, 2.75) is 52.5 Å². The fraction of sp³-hybridized carbons (Fsp3) is 0.500. The zero-order chi connectivity index (χ0) is 19.9. The molecule has 0 saturated heterocycles. The molecule has 4 heteroatoms. The Hall–Kier alpha value is -2.20. The summed E-state index contributed by atoms with van der Waals surface area (Å²) in [5, 5.41) is 3.46. The molecule has 0 bridgehead atoms. The van der Waals surface area contributed by atoms with E-state index in [1.165, 1.54) is 31.2 Å². The van der Waals surface area contributed by atoms with Gasteiger partial charge >= 0.3 is 0 Å². The van der Waals surface area contributed by atoms with E-state index in [4.69, 9.17) is 14.2 Å². The number of anilines is 1. The minimum atomic E-state index is 0.580. The third kappa shape index (κ3) is 9.14. The molecule has 0 heterocycles. The first-order valence-electron chi connectivity index (χ1n) is 10.6. The molecule has 28 heavy (non-hydrogen) atoms. The SMILES string of the molecule is CCCCCCCOc1cccc(NCc2ccc(OCCOCC)cc2)c1. The van der Waals surface area contributed by atoms with Crippen LogP contribution < -0.4 is 14.8 Å². The normalized spacial score (nSPS) is 10.6. The van der Waals surface area contributed by atoms with Gasteiger partial charge in [0, 0.05) is 24.9 Å². The number of benzene rings is 2. The number of ether oxygens (including phenoxy) is 3. The van der Waals surface area contributed by atoms with Crippen LogP contribution in [0.2, 0.25) is 0 Å². The van der Waals surface area contributed by atoms with Gasteiger partial charge in [-0.05, 0) is 43.2 Å². The second kappa shape index (κ2) is 13.9. The molecule has 0 aliphatic rings. The summed E-state index contributed by atoms with van der Waals surface area (Å²) >= 11 is 0. The number of rotatable bonds is 15. The van der Waals surface area contributed by atoms with Gasteiger partial charge in [0.2, 0.25) is 0 Å². The van der Waals surface area contributed by atoms with Crippen LogP contribution in [0.1, 0.15) is 51.5 Å². The number of nitrogens with one attached hydrogen (secondary N) is 1. The van der Waals surface area contributed by atoms with Gasteiger partial charge in [-0.3, -0.25) is 0 Å². The molecule has 0 aliphatic carbocycles. The van der Waals surface area contributed by atoms with E-state index in [-0.39, 0.29) is 0 Å². The molecule has 2 aromatic rings. The molecule has 4 nitrogen and oxygen atoms in total. The van der Waals surface area contributed by atoms with Crippen molar-refractivity contribution in [3.8, 4) is 11.5 Å². The van der Waals surface area contributed by atoms with Crippen molar-refractivity contribution in [3.63, 3.8) is 0 Å². The minimum Gasteiger partial charge on any atom is -0.494 e. The molecule has 0 saturated carbocycles. The monoisotopic (exact) mass is 385 g/mol. The average molecular weight is 386 g/mol. The van der Waals surface area contributed by atoms with Crippen molar-refractivity contribution in [2.75, 3.05) is 31.7 Å². The Morgan fingerprint density at radius 2 is 1.54 bits per heavy atom. The standard InChI is InChI=1S/C24H35NO3/c1-3-5-6-7-8-16-27-24-11-9-10-22(19-24)25-20-21-12-14-23(15-13-21)28-18-17-26-4-2/h9-15,19,25H,3-8,16-18,20H2,1-2H3. The summed E-state index contributed by atoms with van der Waals surface area (Å²) in [6.45, 7) is 7.70. The molecule has 0 aromatic heterocycles. The predicted octanol–water partition coefficient (Wildman–Crippen LogP) is 6.06. The molecule has 2 aromatic carbocycles. The van der Waals surface area contributed by atoms with Gasteiger partial charge in [-0.2, -0.15) is 0 Å². The summed E-state index contributed by atoms with van der Waals surface area (Å²) in [5.74, 6) is 1.80. The fourth-order valence-electron chi connectivity index (χ4n) is 2.86. The Bertz CT molecular complexity index is 643. The van der Waals surface area contributed by atoms with Gasteiger partial charge in [-0.25, -0.2) is 0 Å². The van der Waals surface area contributed by atoms with Gasteiger partial charge in [0.05, 0.1) is 13.2 Å². The van der Waals surface area contributed by atoms with Crippen LogP contribution >= 0.6 is 0 Å². The van der Waals surface area contributed by atoms with E-state index in [1.807, 2.05) is 31.2 Å². The molecule has 154 valence electrons. The lowest BCUT2D eigenvalue weighted by Crippen LogP contribution is -2.06. The summed E-state index contributed by atoms with van der Waals surface area (Å²) < 4.78 is 16.8. The van der Waals surface area contributed by atoms with Crippen molar-refractivity contribution in [1.82, 2.24) is 0 Å². The number of hydrogen-bond acceptors (Lipinski definition) is 4. The van der Waals surface area contributed by atoms with Crippen LogP contribution in [0.4, 0.5) is 5.69 Å². The van der Waals surface area contributed by atoms with Crippen molar-refractivity contribution in [2.24, 2.45) is 0 Å². The van der Waals surface area contributed by atoms with Gasteiger partial charge in [0.25, 0.3) is 0 Å². The zero-order valence-corrected chi connectivity index (χ0v) is 17.4. The molecule has 1 N–H and O–H groups in total. The quantitative estimate of drug-likeness (QED) is 0.378. The van der Waals surface area contributed by atoms with Crippen molar-refractivity contribution < 1.29 is 14.2 Å². The zero-order valence-electron chi connectivity index (χ0n) is 17.4. The van der Waals surface area contributed by atoms with Crippen molar-refractivity contribution >= 4 is 5.69 Å². The Morgan fingerprint density at radius 1 is 0.750 bits per heavy atom. The van der Waals surface area contributed by atoms with Crippen LogP contribution in [0.15, 0.2) is 48.5 Å². The highest BCUT2D eigenvalue weighted by molar-refractivity contribution is 5.48. The second-order valence-electron chi connectivity index (χ2n) is 6.83. The van der Waals surface area contributed by atoms with Gasteiger partial charge in [-0.15, -0.1) is 0 Å². The van der Waals surface area contributed by atoms with Crippen LogP contribution in [0.5, 0.6) is 11.5 Å². The maximum Gasteiger partial charge on any atom is 0.121 e. The molecule has 0 unspecified atom stereocenters. The van der Waals surface area contributed by atoms with E-state index in [9.17, 15) is 0 Å². The van der Waals surface area contributed by atoms with Gasteiger partial charge < -0.3 is 19.5 Å². The third-order valence-corrected chi connectivity index (χ3v) is 4.47. The van der Waals surface area contributed by atoms with E-state index < -0.39 is 0 Å². The van der Waals surface area contributed by atoms with Gasteiger partial charge in [0.15, 0.2) is 0 Å². The van der Waals surface area contributed by atoms with Crippen LogP contribution in [0.3, 0.4) is 0 Å². The van der Waals surface area contributed by atoms with E-state index >= 15 is 0 Å². The van der Waals surface area contributed by atoms with Crippen molar-refractivity contribution in [3.05, 3.63) is 54.1 Å². The third-order valence-electron chi connectivity index (χ3n) is 4.47. The first-order valence-corrected chi connectivity index (χ1v) is 10.6. The summed E-state index contributed by atoms with van der Waals surface area (Å²) in [6, 6.07) is 16.4. The number of unbranched alkanes of at least 4 members (excludes halogenated alkanes) is 4. The lowest BCUT2D eigenvalue weighted by Gasteiger charge is -2.11. The van der Waals surface area contributed by atoms with Crippen LogP contribution in [0.25, 0.3) is 0 Å². The Balaban J connectivity index is 1.70. The van der Waals surface area contributed by atoms with E-state index in [0.717, 1.165) is 43.4 Å². The molecule has 0 fully saturated rings. The van der Waals surface area contributed by atoms with Crippen molar-refractivity contribution in [1.29, 1.82) is 0 Å². The van der Waals surface area contributed by atoms with Crippen LogP contribution in [-0.4, -0.2) is 26.4 Å². The largest absolute Gasteiger partial charge is 0.494 e. The average Bonchev–Trinajstić information content (AvgIpc) is 2.73. The summed E-state index contributed by atoms with van der Waals surface area (Å²) in [5.41, 5.74) is 2.28. The predicted molar refractivity (Wildman–Crippen MR) is 116 cm³/mol. The highest BCUT2D eigenvalue weighted by Crippen LogP contribution is 2.19. The first-order chi connectivity index (χ1) is 13.8. The lowest BCUT2D eigenvalue weighted by atomic mass is 10.2. The van der Waals surface area contributed by atoms with Crippen LogP contribution in [0, 0.1) is 0 Å². The molecule has 0 amide bonds. The maximum absolute atomic E-state index is 5.88. The van der Waals surface area contributed by atoms with Gasteiger partial charge in [0.1, 0.15) is 18.1 Å². The summed E-state index contributed by atoms with van der Waals surface area (Å²) in [7, 11) is 0. The highest BCUT2D eigenvalue weighted by Gasteiger charge is 2.00. The number of hydrogen-bond donors (Lipinski definition) is 1. The molecule has 0 spiro atoms. The molecular formula is C24H35NO3. The topological polar surface area (TPSA) is 39.7 Å². The molecule has 0 radical (unpaired) electrons. The molecular weight excluding hydrogens is 350 g/mol. The van der Waals surface area contributed by atoms with E-state index in [2.05, 4.69) is 36.5 Å². The molecule has 0 aliphatic heterocycles. The second-order valence-corrected chi connectivity index (χ2v) is 6.83. The maximum atomic E-state index is 5.88. The fourth-order valence-corrected chi connectivity index (χ4v) is 2.86. The highest BCUT2D eigenvalue weighted by atomic mass is 16.5. The van der Waals surface area contributed by atoms with Gasteiger partial charge in [-0.1, -0.05) is 50.8 Å². The summed E-state index contributed by atoms with van der Waals surface area (Å²) in [4.78, 5) is 0. The van der Waals surface area contributed by atoms with Crippen LogP contribution in [-0.2, 0) is 11.3 Å². The molecule has 2 rings (SSSR count). The van der Waals surface area contributed by atoms with E-state index in [1.54, 1.807) is 0 Å². The lowest BCUT2D eigenvalue weighted by molar-refractivity contribution is 0.110. The molecule has 0 atom stereocenters. The minimum absolute atomic E-state index is 0.580. The Labute approximate surface area is 170 Å². The summed E-state index contributed by atoms with van der Waals surface area (Å²) in [6.07, 6.45) is 6.27. The Kier molecular flexibility index (Phi) is 11.0.